The third kappa shape index (κ3) is 4.88. The van der Waals surface area contributed by atoms with Crippen LogP contribution in [0.15, 0.2) is 60.0 Å². The summed E-state index contributed by atoms with van der Waals surface area (Å²) >= 11 is 1.56. The Bertz CT molecular complexity index is 1080. The van der Waals surface area contributed by atoms with E-state index in [1.807, 2.05) is 53.9 Å². The number of carbonyl (C=O) groups excluding carboxylic acids is 2. The van der Waals surface area contributed by atoms with Crippen LogP contribution in [0.1, 0.15) is 22.9 Å². The number of thiophene rings is 1. The summed E-state index contributed by atoms with van der Waals surface area (Å²) in [4.78, 5) is 28.1. The molecule has 0 fully saturated rings. The summed E-state index contributed by atoms with van der Waals surface area (Å²) in [5, 5.41) is 4.90. The minimum absolute atomic E-state index is 0.0766. The van der Waals surface area contributed by atoms with Crippen molar-refractivity contribution in [2.45, 2.75) is 32.5 Å². The largest absolute Gasteiger partial charge is 0.496 e. The number of nitrogens with zero attached hydrogens (tertiary/aromatic N) is 1. The summed E-state index contributed by atoms with van der Waals surface area (Å²) < 4.78 is 11.3. The lowest BCUT2D eigenvalue weighted by Crippen LogP contribution is -2.37. The van der Waals surface area contributed by atoms with Crippen LogP contribution in [0.5, 0.6) is 11.5 Å². The van der Waals surface area contributed by atoms with Crippen LogP contribution in [0, 0.1) is 0 Å². The molecule has 31 heavy (non-hydrogen) atoms. The monoisotopic (exact) mass is 436 g/mol. The third-order valence-corrected chi connectivity index (χ3v) is 6.01. The van der Waals surface area contributed by atoms with Gasteiger partial charge in [0.2, 0.25) is 5.91 Å². The molecule has 4 rings (SSSR count). The van der Waals surface area contributed by atoms with E-state index in [9.17, 15) is 9.59 Å². The molecule has 0 unspecified atom stereocenters. The zero-order chi connectivity index (χ0) is 21.8. The smallest absolute Gasteiger partial charge is 0.263 e. The number of benzene rings is 2. The van der Waals surface area contributed by atoms with Crippen molar-refractivity contribution in [1.82, 2.24) is 4.90 Å². The Kier molecular flexibility index (Phi) is 6.23. The van der Waals surface area contributed by atoms with Gasteiger partial charge in [0.25, 0.3) is 5.91 Å². The molecule has 0 spiro atoms. The van der Waals surface area contributed by atoms with Crippen molar-refractivity contribution in [1.29, 1.82) is 0 Å². The highest BCUT2D eigenvalue weighted by Gasteiger charge is 2.28. The van der Waals surface area contributed by atoms with Crippen LogP contribution in [-0.2, 0) is 29.1 Å². The maximum atomic E-state index is 12.9. The Morgan fingerprint density at radius 2 is 2.06 bits per heavy atom. The fraction of sp³-hybridized carbons (Fsp3) is 0.250. The average Bonchev–Trinajstić information content (AvgIpc) is 3.23. The van der Waals surface area contributed by atoms with Gasteiger partial charge in [-0.1, -0.05) is 24.3 Å². The summed E-state index contributed by atoms with van der Waals surface area (Å²) in [6, 6.07) is 17.0. The maximum Gasteiger partial charge on any atom is 0.263 e. The molecule has 1 atom stereocenters. The van der Waals surface area contributed by atoms with Gasteiger partial charge in [0.05, 0.1) is 13.5 Å². The number of carbonyl (C=O) groups is 2. The van der Waals surface area contributed by atoms with Crippen LogP contribution in [0.3, 0.4) is 0 Å². The van der Waals surface area contributed by atoms with Gasteiger partial charge in [-0.15, -0.1) is 11.3 Å². The van der Waals surface area contributed by atoms with Crippen LogP contribution in [0.25, 0.3) is 0 Å². The molecule has 0 saturated carbocycles. The average molecular weight is 437 g/mol. The van der Waals surface area contributed by atoms with E-state index in [1.165, 1.54) is 0 Å². The molecule has 7 heteroatoms. The summed E-state index contributed by atoms with van der Waals surface area (Å²) in [6.07, 6.45) is -0.268. The molecule has 3 aromatic rings. The van der Waals surface area contributed by atoms with E-state index in [1.54, 1.807) is 36.3 Å². The predicted molar refractivity (Wildman–Crippen MR) is 120 cm³/mol. The van der Waals surface area contributed by atoms with Crippen molar-refractivity contribution in [2.75, 3.05) is 12.4 Å². The van der Waals surface area contributed by atoms with E-state index in [0.29, 0.717) is 30.9 Å². The fourth-order valence-corrected chi connectivity index (χ4v) is 4.33. The van der Waals surface area contributed by atoms with Gasteiger partial charge < -0.3 is 19.7 Å². The molecule has 1 N–H and O–H groups in total. The Morgan fingerprint density at radius 1 is 1.23 bits per heavy atom. The van der Waals surface area contributed by atoms with Gasteiger partial charge in [0.1, 0.15) is 11.5 Å². The van der Waals surface area contributed by atoms with E-state index in [-0.39, 0.29) is 11.8 Å². The molecule has 2 aromatic carbocycles. The topological polar surface area (TPSA) is 67.9 Å². The van der Waals surface area contributed by atoms with Crippen molar-refractivity contribution in [3.63, 3.8) is 0 Å². The molecule has 1 aromatic heterocycles. The predicted octanol–water partition coefficient (Wildman–Crippen LogP) is 4.25. The second-order valence-electron chi connectivity index (χ2n) is 7.39. The molecule has 2 heterocycles. The number of ether oxygens (including phenoxy) is 2. The SMILES string of the molecule is COc1ccccc1CN1Cc2cc(NC(=O)Cc3cccs3)ccc2O[C@H](C)C1=O. The van der Waals surface area contributed by atoms with Gasteiger partial charge >= 0.3 is 0 Å². The summed E-state index contributed by atoms with van der Waals surface area (Å²) in [6.45, 7) is 2.54. The first-order valence-corrected chi connectivity index (χ1v) is 10.9. The summed E-state index contributed by atoms with van der Waals surface area (Å²) in [7, 11) is 1.62. The maximum absolute atomic E-state index is 12.9. The fourth-order valence-electron chi connectivity index (χ4n) is 3.63. The Hall–Kier alpha value is -3.32. The third-order valence-electron chi connectivity index (χ3n) is 5.14. The molecule has 0 saturated heterocycles. The number of para-hydroxylation sites is 1. The number of methoxy groups -OCH3 is 1. The van der Waals surface area contributed by atoms with Crippen LogP contribution in [0.4, 0.5) is 5.69 Å². The minimum atomic E-state index is -0.602. The van der Waals surface area contributed by atoms with Crippen molar-refractivity contribution in [2.24, 2.45) is 0 Å². The second kappa shape index (κ2) is 9.22. The Labute approximate surface area is 185 Å². The summed E-state index contributed by atoms with van der Waals surface area (Å²) in [5.74, 6) is 1.22. The van der Waals surface area contributed by atoms with Gasteiger partial charge in [0, 0.05) is 34.8 Å². The molecule has 160 valence electrons. The zero-order valence-electron chi connectivity index (χ0n) is 17.5. The van der Waals surface area contributed by atoms with Crippen molar-refractivity contribution in [3.05, 3.63) is 76.0 Å². The first-order valence-electron chi connectivity index (χ1n) is 10.1. The highest BCUT2D eigenvalue weighted by atomic mass is 32.1. The molecule has 0 aliphatic carbocycles. The van der Waals surface area contributed by atoms with Crippen molar-refractivity contribution < 1.29 is 19.1 Å². The highest BCUT2D eigenvalue weighted by Crippen LogP contribution is 2.30. The first kappa shape index (κ1) is 20.9. The lowest BCUT2D eigenvalue weighted by atomic mass is 10.1. The number of hydrogen-bond acceptors (Lipinski definition) is 5. The van der Waals surface area contributed by atoms with E-state index in [0.717, 1.165) is 21.8 Å². The number of hydrogen-bond donors (Lipinski definition) is 1. The van der Waals surface area contributed by atoms with E-state index in [4.69, 9.17) is 9.47 Å². The van der Waals surface area contributed by atoms with E-state index in [2.05, 4.69) is 5.32 Å². The zero-order valence-corrected chi connectivity index (χ0v) is 18.3. The van der Waals surface area contributed by atoms with Gasteiger partial charge in [-0.05, 0) is 42.6 Å². The van der Waals surface area contributed by atoms with E-state index < -0.39 is 6.10 Å². The van der Waals surface area contributed by atoms with Crippen molar-refractivity contribution in [3.8, 4) is 11.5 Å². The molecule has 2 amide bonds. The van der Waals surface area contributed by atoms with Gasteiger partial charge in [-0.25, -0.2) is 0 Å². The van der Waals surface area contributed by atoms with E-state index >= 15 is 0 Å². The molecule has 1 aliphatic rings. The summed E-state index contributed by atoms with van der Waals surface area (Å²) in [5.41, 5.74) is 2.46. The van der Waals surface area contributed by atoms with Gasteiger partial charge in [0.15, 0.2) is 6.10 Å². The second-order valence-corrected chi connectivity index (χ2v) is 8.43. The standard InChI is InChI=1S/C24H24N2O4S/c1-16-24(28)26(14-17-6-3-4-8-21(17)29-2)15-18-12-19(9-10-22(18)30-16)25-23(27)13-20-7-5-11-31-20/h3-12,16H,13-15H2,1-2H3,(H,25,27)/t16-/m1/s1. The number of amides is 2. The van der Waals surface area contributed by atoms with Gasteiger partial charge in [-0.3, -0.25) is 9.59 Å². The van der Waals surface area contributed by atoms with Crippen LogP contribution >= 0.6 is 11.3 Å². The van der Waals surface area contributed by atoms with Crippen LogP contribution in [-0.4, -0.2) is 29.9 Å². The lowest BCUT2D eigenvalue weighted by Gasteiger charge is -2.23. The molecular weight excluding hydrogens is 412 g/mol. The molecule has 0 radical (unpaired) electrons. The van der Waals surface area contributed by atoms with Crippen LogP contribution in [0.2, 0.25) is 0 Å². The molecule has 0 bridgehead atoms. The number of fused-ring (bicyclic) bond motifs is 1. The molecule has 1 aliphatic heterocycles. The van der Waals surface area contributed by atoms with Crippen molar-refractivity contribution >= 4 is 28.8 Å². The van der Waals surface area contributed by atoms with Crippen LogP contribution < -0.4 is 14.8 Å². The Balaban J connectivity index is 1.54. The molecular formula is C24H24N2O4S. The lowest BCUT2D eigenvalue weighted by molar-refractivity contribution is -0.138. The normalized spacial score (nSPS) is 15.6. The number of nitrogens with one attached hydrogen (secondary N) is 1. The minimum Gasteiger partial charge on any atom is -0.496 e. The number of rotatable bonds is 6. The Morgan fingerprint density at radius 3 is 2.84 bits per heavy atom. The number of anilines is 1. The molecule has 6 nitrogen and oxygen atoms in total. The quantitative estimate of drug-likeness (QED) is 0.627. The first-order chi connectivity index (χ1) is 15.0. The van der Waals surface area contributed by atoms with Gasteiger partial charge in [-0.2, -0.15) is 0 Å². The highest BCUT2D eigenvalue weighted by molar-refractivity contribution is 7.10.